The van der Waals surface area contributed by atoms with Crippen molar-refractivity contribution < 1.29 is 9.47 Å². The molecule has 2 rings (SSSR count). The molecule has 3 heteroatoms. The molecule has 106 valence electrons. The summed E-state index contributed by atoms with van der Waals surface area (Å²) >= 11 is 0. The van der Waals surface area contributed by atoms with Gasteiger partial charge in [-0.1, -0.05) is 26.3 Å². The summed E-state index contributed by atoms with van der Waals surface area (Å²) in [6, 6.07) is 5.96. The molecule has 0 amide bonds. The second kappa shape index (κ2) is 5.83. The first-order chi connectivity index (χ1) is 9.09. The monoisotopic (exact) mass is 263 g/mol. The average Bonchev–Trinajstić information content (AvgIpc) is 2.38. The highest BCUT2D eigenvalue weighted by atomic mass is 16.5. The van der Waals surface area contributed by atoms with E-state index in [0.29, 0.717) is 0 Å². The molecule has 3 nitrogen and oxygen atoms in total. The molecule has 0 bridgehead atoms. The Morgan fingerprint density at radius 2 is 2.21 bits per heavy atom. The first-order valence-corrected chi connectivity index (χ1v) is 7.30. The SMILES string of the molecule is CCCCOc1cccc2c1C(N)CC(C)(CC)O2. The van der Waals surface area contributed by atoms with E-state index in [-0.39, 0.29) is 11.6 Å². The minimum absolute atomic E-state index is 0.00785. The van der Waals surface area contributed by atoms with Gasteiger partial charge in [0.25, 0.3) is 0 Å². The summed E-state index contributed by atoms with van der Waals surface area (Å²) in [4.78, 5) is 0. The predicted octanol–water partition coefficient (Wildman–Crippen LogP) is 3.82. The molecule has 2 N–H and O–H groups in total. The lowest BCUT2D eigenvalue weighted by Gasteiger charge is -2.38. The molecule has 19 heavy (non-hydrogen) atoms. The van der Waals surface area contributed by atoms with Crippen LogP contribution in [0.25, 0.3) is 0 Å². The maximum Gasteiger partial charge on any atom is 0.128 e. The third-order valence-electron chi connectivity index (χ3n) is 3.91. The molecule has 0 radical (unpaired) electrons. The maximum atomic E-state index is 6.34. The van der Waals surface area contributed by atoms with Crippen LogP contribution in [0.4, 0.5) is 0 Å². The van der Waals surface area contributed by atoms with Gasteiger partial charge in [0.1, 0.15) is 17.1 Å². The second-order valence-corrected chi connectivity index (χ2v) is 5.59. The van der Waals surface area contributed by atoms with Gasteiger partial charge in [-0.2, -0.15) is 0 Å². The van der Waals surface area contributed by atoms with E-state index in [1.165, 1.54) is 0 Å². The number of nitrogens with two attached hydrogens (primary N) is 1. The summed E-state index contributed by atoms with van der Waals surface area (Å²) in [6.07, 6.45) is 3.99. The minimum atomic E-state index is -0.158. The van der Waals surface area contributed by atoms with Crippen molar-refractivity contribution >= 4 is 0 Å². The van der Waals surface area contributed by atoms with Gasteiger partial charge in [0, 0.05) is 12.5 Å². The van der Waals surface area contributed by atoms with Crippen LogP contribution in [0, 0.1) is 0 Å². The van der Waals surface area contributed by atoms with Gasteiger partial charge < -0.3 is 15.2 Å². The number of unbranched alkanes of at least 4 members (excludes halogenated alkanes) is 1. The van der Waals surface area contributed by atoms with E-state index in [1.54, 1.807) is 0 Å². The molecule has 1 aromatic carbocycles. The lowest BCUT2D eigenvalue weighted by atomic mass is 9.87. The molecular weight excluding hydrogens is 238 g/mol. The first kappa shape index (κ1) is 14.2. The number of benzene rings is 1. The number of rotatable bonds is 5. The topological polar surface area (TPSA) is 44.5 Å². The van der Waals surface area contributed by atoms with Gasteiger partial charge in [0.15, 0.2) is 0 Å². The molecule has 1 aromatic rings. The summed E-state index contributed by atoms with van der Waals surface area (Å²) in [5.41, 5.74) is 7.22. The molecule has 0 aliphatic carbocycles. The van der Waals surface area contributed by atoms with Crippen LogP contribution in [-0.4, -0.2) is 12.2 Å². The van der Waals surface area contributed by atoms with Crippen molar-refractivity contribution in [3.8, 4) is 11.5 Å². The largest absolute Gasteiger partial charge is 0.493 e. The van der Waals surface area contributed by atoms with Crippen molar-refractivity contribution in [1.29, 1.82) is 0 Å². The summed E-state index contributed by atoms with van der Waals surface area (Å²) in [6.45, 7) is 7.16. The maximum absolute atomic E-state index is 6.34. The van der Waals surface area contributed by atoms with Gasteiger partial charge in [0.2, 0.25) is 0 Å². The summed E-state index contributed by atoms with van der Waals surface area (Å²) in [5.74, 6) is 1.77. The van der Waals surface area contributed by atoms with Crippen LogP contribution in [-0.2, 0) is 0 Å². The number of hydrogen-bond donors (Lipinski definition) is 1. The standard InChI is InChI=1S/C16H25NO2/c1-4-6-10-18-13-8-7-9-14-15(13)12(17)11-16(3,5-2)19-14/h7-9,12H,4-6,10-11,17H2,1-3H3. The van der Waals surface area contributed by atoms with Gasteiger partial charge in [-0.3, -0.25) is 0 Å². The van der Waals surface area contributed by atoms with Crippen molar-refractivity contribution in [3.05, 3.63) is 23.8 Å². The fourth-order valence-electron chi connectivity index (χ4n) is 2.52. The Balaban J connectivity index is 2.24. The fraction of sp³-hybridized carbons (Fsp3) is 0.625. The van der Waals surface area contributed by atoms with Gasteiger partial charge >= 0.3 is 0 Å². The van der Waals surface area contributed by atoms with Gasteiger partial charge in [-0.05, 0) is 31.9 Å². The molecule has 0 saturated heterocycles. The van der Waals surface area contributed by atoms with Crippen LogP contribution >= 0.6 is 0 Å². The van der Waals surface area contributed by atoms with Crippen molar-refractivity contribution in [2.45, 2.75) is 58.1 Å². The highest BCUT2D eigenvalue weighted by molar-refractivity contribution is 5.48. The van der Waals surface area contributed by atoms with Crippen molar-refractivity contribution in [2.24, 2.45) is 5.73 Å². The lowest BCUT2D eigenvalue weighted by Crippen LogP contribution is -2.39. The van der Waals surface area contributed by atoms with E-state index < -0.39 is 0 Å². The molecule has 0 saturated carbocycles. The molecule has 0 aromatic heterocycles. The molecule has 1 aliphatic heterocycles. The van der Waals surface area contributed by atoms with Gasteiger partial charge in [-0.15, -0.1) is 0 Å². The van der Waals surface area contributed by atoms with Crippen molar-refractivity contribution in [1.82, 2.24) is 0 Å². The molecule has 0 fully saturated rings. The molecule has 1 aliphatic rings. The van der Waals surface area contributed by atoms with Crippen LogP contribution in [0.15, 0.2) is 18.2 Å². The highest BCUT2D eigenvalue weighted by Gasteiger charge is 2.36. The quantitative estimate of drug-likeness (QED) is 0.821. The van der Waals surface area contributed by atoms with Crippen molar-refractivity contribution in [2.75, 3.05) is 6.61 Å². The Hall–Kier alpha value is -1.22. The summed E-state index contributed by atoms with van der Waals surface area (Å²) < 4.78 is 12.0. The zero-order chi connectivity index (χ0) is 13.9. The van der Waals surface area contributed by atoms with Gasteiger partial charge in [-0.25, -0.2) is 0 Å². The summed E-state index contributed by atoms with van der Waals surface area (Å²) in [7, 11) is 0. The van der Waals surface area contributed by atoms with E-state index in [9.17, 15) is 0 Å². The molecule has 1 heterocycles. The zero-order valence-electron chi connectivity index (χ0n) is 12.2. The molecular formula is C16H25NO2. The Morgan fingerprint density at radius 3 is 2.89 bits per heavy atom. The van der Waals surface area contributed by atoms with E-state index >= 15 is 0 Å². The van der Waals surface area contributed by atoms with E-state index in [0.717, 1.165) is 49.4 Å². The molecule has 0 spiro atoms. The number of ether oxygens (including phenoxy) is 2. The Morgan fingerprint density at radius 1 is 1.42 bits per heavy atom. The summed E-state index contributed by atoms with van der Waals surface area (Å²) in [5, 5.41) is 0. The van der Waals surface area contributed by atoms with Crippen LogP contribution in [0.2, 0.25) is 0 Å². The second-order valence-electron chi connectivity index (χ2n) is 5.59. The van der Waals surface area contributed by atoms with Crippen LogP contribution in [0.3, 0.4) is 0 Å². The average molecular weight is 263 g/mol. The Bertz CT molecular complexity index is 433. The van der Waals surface area contributed by atoms with Crippen LogP contribution < -0.4 is 15.2 Å². The van der Waals surface area contributed by atoms with Crippen LogP contribution in [0.1, 0.15) is 58.1 Å². The van der Waals surface area contributed by atoms with E-state index in [2.05, 4.69) is 20.8 Å². The Kier molecular flexibility index (Phi) is 4.35. The predicted molar refractivity (Wildman–Crippen MR) is 77.7 cm³/mol. The van der Waals surface area contributed by atoms with E-state index in [4.69, 9.17) is 15.2 Å². The normalized spacial score (nSPS) is 25.6. The zero-order valence-corrected chi connectivity index (χ0v) is 12.2. The lowest BCUT2D eigenvalue weighted by molar-refractivity contribution is 0.0490. The van der Waals surface area contributed by atoms with Gasteiger partial charge in [0.05, 0.1) is 12.2 Å². The van der Waals surface area contributed by atoms with Crippen molar-refractivity contribution in [3.63, 3.8) is 0 Å². The fourth-order valence-corrected chi connectivity index (χ4v) is 2.52. The third-order valence-corrected chi connectivity index (χ3v) is 3.91. The van der Waals surface area contributed by atoms with E-state index in [1.807, 2.05) is 18.2 Å². The first-order valence-electron chi connectivity index (χ1n) is 7.30. The smallest absolute Gasteiger partial charge is 0.128 e. The minimum Gasteiger partial charge on any atom is -0.493 e. The Labute approximate surface area is 116 Å². The number of hydrogen-bond acceptors (Lipinski definition) is 3. The third kappa shape index (κ3) is 3.03. The number of fused-ring (bicyclic) bond motifs is 1. The molecule has 2 unspecified atom stereocenters. The molecule has 2 atom stereocenters. The van der Waals surface area contributed by atoms with Crippen LogP contribution in [0.5, 0.6) is 11.5 Å². The highest BCUT2D eigenvalue weighted by Crippen LogP contribution is 2.44.